The lowest BCUT2D eigenvalue weighted by Crippen LogP contribution is -2.23. The van der Waals surface area contributed by atoms with Gasteiger partial charge in [-0.1, -0.05) is 35.8 Å². The molecule has 0 aliphatic carbocycles. The predicted octanol–water partition coefficient (Wildman–Crippen LogP) is 7.24. The first-order valence-corrected chi connectivity index (χ1v) is 14.0. The maximum atomic E-state index is 13.3. The second-order valence-electron chi connectivity index (χ2n) is 8.46. The van der Waals surface area contributed by atoms with Crippen LogP contribution in [0.25, 0.3) is 10.9 Å². The van der Waals surface area contributed by atoms with Crippen molar-refractivity contribution in [1.82, 2.24) is 9.66 Å². The molecule has 4 rings (SSSR count). The molecule has 1 aromatic heterocycles. The second-order valence-corrected chi connectivity index (χ2v) is 11.1. The summed E-state index contributed by atoms with van der Waals surface area (Å²) in [5.74, 6) is 0.114. The van der Waals surface area contributed by atoms with Gasteiger partial charge in [-0.05, 0) is 92.4 Å². The zero-order valence-corrected chi connectivity index (χ0v) is 25.1. The number of aromatic nitrogens is 2. The van der Waals surface area contributed by atoms with Crippen LogP contribution in [0.4, 0.5) is 10.1 Å². The molecule has 0 unspecified atom stereocenters. The number of nitrogens with one attached hydrogen (secondary N) is 1. The summed E-state index contributed by atoms with van der Waals surface area (Å²) in [6, 6.07) is 14.5. The molecule has 11 heteroatoms. The number of anilines is 1. The Morgan fingerprint density at radius 1 is 1.16 bits per heavy atom. The van der Waals surface area contributed by atoms with E-state index in [1.54, 1.807) is 30.5 Å². The summed E-state index contributed by atoms with van der Waals surface area (Å²) in [6.07, 6.45) is 2.36. The second kappa shape index (κ2) is 12.3. The average molecular weight is 709 g/mol. The minimum atomic E-state index is -0.447. The van der Waals surface area contributed by atoms with Crippen molar-refractivity contribution in [3.8, 4) is 5.75 Å². The topological polar surface area (TPSA) is 85.6 Å². The van der Waals surface area contributed by atoms with E-state index < -0.39 is 11.7 Å². The molecule has 1 heterocycles. The fraction of sp³-hybridized carbons (Fsp3) is 0.185. The van der Waals surface area contributed by atoms with Crippen LogP contribution in [-0.4, -0.2) is 28.4 Å². The third-order valence-electron chi connectivity index (χ3n) is 5.69. The molecule has 0 saturated heterocycles. The standard InChI is InChI=1S/C27H22Br3FN4O3/c1-3-15(2)26-34-23-8-7-17(28)11-20(23)27(37)35(26)32-13-16-9-21(29)25(22(30)10-16)38-14-24(36)33-19-6-4-5-18(31)12-19/h4-13,15H,3,14H2,1-2H3,(H,33,36)/t15-/m1/s1. The number of nitrogens with zero attached hydrogens (tertiary/aromatic N) is 3. The van der Waals surface area contributed by atoms with Gasteiger partial charge < -0.3 is 10.1 Å². The fourth-order valence-electron chi connectivity index (χ4n) is 3.60. The van der Waals surface area contributed by atoms with Gasteiger partial charge in [-0.3, -0.25) is 9.59 Å². The Morgan fingerprint density at radius 3 is 2.58 bits per heavy atom. The van der Waals surface area contributed by atoms with Gasteiger partial charge in [-0.15, -0.1) is 0 Å². The van der Waals surface area contributed by atoms with E-state index in [4.69, 9.17) is 9.72 Å². The number of rotatable bonds is 8. The largest absolute Gasteiger partial charge is 0.481 e. The molecule has 0 bridgehead atoms. The quantitative estimate of drug-likeness (QED) is 0.196. The molecular weight excluding hydrogens is 687 g/mol. The van der Waals surface area contributed by atoms with Gasteiger partial charge in [0, 0.05) is 16.1 Å². The van der Waals surface area contributed by atoms with Crippen LogP contribution in [0.5, 0.6) is 5.75 Å². The van der Waals surface area contributed by atoms with Crippen LogP contribution in [-0.2, 0) is 4.79 Å². The number of hydrogen-bond donors (Lipinski definition) is 1. The Bertz CT molecular complexity index is 1580. The lowest BCUT2D eigenvalue weighted by atomic mass is 10.1. The Labute approximate surface area is 243 Å². The van der Waals surface area contributed by atoms with Crippen LogP contribution >= 0.6 is 47.8 Å². The van der Waals surface area contributed by atoms with Crippen molar-refractivity contribution in [3.63, 3.8) is 0 Å². The number of ether oxygens (including phenoxy) is 1. The summed E-state index contributed by atoms with van der Waals surface area (Å²) in [5.41, 5.74) is 1.38. The molecule has 0 aliphatic rings. The normalized spacial score (nSPS) is 12.2. The zero-order chi connectivity index (χ0) is 27.4. The number of carbonyl (C=O) groups is 1. The van der Waals surface area contributed by atoms with E-state index in [0.717, 1.165) is 10.9 Å². The highest BCUT2D eigenvalue weighted by Gasteiger charge is 2.16. The molecule has 3 aromatic carbocycles. The van der Waals surface area contributed by atoms with Crippen molar-refractivity contribution in [3.05, 3.63) is 95.6 Å². The van der Waals surface area contributed by atoms with Crippen molar-refractivity contribution >= 4 is 76.5 Å². The summed E-state index contributed by atoms with van der Waals surface area (Å²) >= 11 is 10.4. The third kappa shape index (κ3) is 6.57. The first-order valence-electron chi connectivity index (χ1n) is 11.6. The van der Waals surface area contributed by atoms with Crippen LogP contribution in [0, 0.1) is 5.82 Å². The number of carbonyl (C=O) groups excluding carboxylic acids is 1. The molecule has 0 fully saturated rings. The maximum absolute atomic E-state index is 13.3. The molecule has 0 spiro atoms. The van der Waals surface area contributed by atoms with Crippen LogP contribution in [0.2, 0.25) is 0 Å². The van der Waals surface area contributed by atoms with Gasteiger partial charge in [0.2, 0.25) is 0 Å². The maximum Gasteiger partial charge on any atom is 0.282 e. The minimum Gasteiger partial charge on any atom is -0.481 e. The lowest BCUT2D eigenvalue weighted by molar-refractivity contribution is -0.118. The van der Waals surface area contributed by atoms with Crippen molar-refractivity contribution in [2.75, 3.05) is 11.9 Å². The summed E-state index contributed by atoms with van der Waals surface area (Å²) in [6.45, 7) is 3.75. The highest BCUT2D eigenvalue weighted by atomic mass is 79.9. The van der Waals surface area contributed by atoms with E-state index in [1.807, 2.05) is 26.0 Å². The Hall–Kier alpha value is -2.89. The minimum absolute atomic E-state index is 0.0145. The smallest absolute Gasteiger partial charge is 0.282 e. The van der Waals surface area contributed by atoms with Crippen molar-refractivity contribution in [2.24, 2.45) is 5.10 Å². The van der Waals surface area contributed by atoms with Crippen LogP contribution < -0.4 is 15.6 Å². The Morgan fingerprint density at radius 2 is 1.89 bits per heavy atom. The molecule has 196 valence electrons. The van der Waals surface area contributed by atoms with E-state index in [9.17, 15) is 14.0 Å². The number of halogens is 4. The van der Waals surface area contributed by atoms with Gasteiger partial charge in [-0.2, -0.15) is 9.78 Å². The van der Waals surface area contributed by atoms with Crippen LogP contribution in [0.1, 0.15) is 37.6 Å². The molecular formula is C27H22Br3FN4O3. The van der Waals surface area contributed by atoms with Crippen molar-refractivity contribution < 1.29 is 13.9 Å². The fourth-order valence-corrected chi connectivity index (χ4v) is 5.41. The first-order chi connectivity index (χ1) is 18.2. The summed E-state index contributed by atoms with van der Waals surface area (Å²) in [7, 11) is 0. The SMILES string of the molecule is CC[C@@H](C)c1nc2ccc(Br)cc2c(=O)n1N=Cc1cc(Br)c(OCC(=O)Nc2cccc(F)c2)c(Br)c1. The Balaban J connectivity index is 1.57. The van der Waals surface area contributed by atoms with Crippen LogP contribution in [0.3, 0.4) is 0 Å². The van der Waals surface area contributed by atoms with Gasteiger partial charge in [0.1, 0.15) is 17.4 Å². The van der Waals surface area contributed by atoms with E-state index in [2.05, 4.69) is 58.2 Å². The molecule has 0 saturated carbocycles. The molecule has 4 aromatic rings. The molecule has 1 N–H and O–H groups in total. The van der Waals surface area contributed by atoms with Gasteiger partial charge >= 0.3 is 0 Å². The van der Waals surface area contributed by atoms with Crippen molar-refractivity contribution in [1.29, 1.82) is 0 Å². The first kappa shape index (κ1) is 28.1. The summed E-state index contributed by atoms with van der Waals surface area (Å²) < 4.78 is 22.3. The average Bonchev–Trinajstić information content (AvgIpc) is 2.87. The zero-order valence-electron chi connectivity index (χ0n) is 20.3. The third-order valence-corrected chi connectivity index (χ3v) is 7.36. The molecule has 7 nitrogen and oxygen atoms in total. The Kier molecular flexibility index (Phi) is 9.11. The van der Waals surface area contributed by atoms with Gasteiger partial charge in [0.25, 0.3) is 11.5 Å². The van der Waals surface area contributed by atoms with Gasteiger partial charge in [0.05, 0.1) is 26.1 Å². The molecule has 0 radical (unpaired) electrons. The predicted molar refractivity (Wildman–Crippen MR) is 158 cm³/mol. The molecule has 38 heavy (non-hydrogen) atoms. The molecule has 0 aliphatic heterocycles. The van der Waals surface area contributed by atoms with Gasteiger partial charge in [-0.25, -0.2) is 9.37 Å². The number of benzene rings is 3. The number of fused-ring (bicyclic) bond motifs is 1. The molecule has 1 amide bonds. The highest BCUT2D eigenvalue weighted by molar-refractivity contribution is 9.11. The van der Waals surface area contributed by atoms with Crippen molar-refractivity contribution in [2.45, 2.75) is 26.2 Å². The number of hydrogen-bond acceptors (Lipinski definition) is 5. The van der Waals surface area contributed by atoms with E-state index in [1.165, 1.54) is 22.9 Å². The van der Waals surface area contributed by atoms with E-state index >= 15 is 0 Å². The highest BCUT2D eigenvalue weighted by Crippen LogP contribution is 2.34. The monoisotopic (exact) mass is 706 g/mol. The van der Waals surface area contributed by atoms with Gasteiger partial charge in [0.15, 0.2) is 6.61 Å². The summed E-state index contributed by atoms with van der Waals surface area (Å²) in [4.78, 5) is 30.3. The van der Waals surface area contributed by atoms with Crippen LogP contribution in [0.15, 0.2) is 77.9 Å². The lowest BCUT2D eigenvalue weighted by Gasteiger charge is -2.14. The van der Waals surface area contributed by atoms with E-state index in [0.29, 0.717) is 42.7 Å². The number of amides is 1. The van der Waals surface area contributed by atoms with E-state index in [-0.39, 0.29) is 18.1 Å². The summed E-state index contributed by atoms with van der Waals surface area (Å²) in [5, 5.41) is 7.54. The molecule has 1 atom stereocenters.